The van der Waals surface area contributed by atoms with Crippen LogP contribution in [0.2, 0.25) is 0 Å². The van der Waals surface area contributed by atoms with Crippen molar-refractivity contribution in [2.24, 2.45) is 0 Å². The fourth-order valence-corrected chi connectivity index (χ4v) is 3.53. The smallest absolute Gasteiger partial charge is 0.433 e. The number of benzene rings is 1. The van der Waals surface area contributed by atoms with E-state index in [0.29, 0.717) is 53.9 Å². The first-order valence-electron chi connectivity index (χ1n) is 10.9. The average molecular weight is 493 g/mol. The molecule has 1 atom stereocenters. The van der Waals surface area contributed by atoms with Gasteiger partial charge in [-0.1, -0.05) is 0 Å². The number of hydrogen-bond donors (Lipinski definition) is 2. The molecule has 188 valence electrons. The summed E-state index contributed by atoms with van der Waals surface area (Å²) in [5, 5.41) is 3.74. The van der Waals surface area contributed by atoms with Gasteiger partial charge < -0.3 is 30.0 Å². The number of fused-ring (bicyclic) bond motifs is 1. The van der Waals surface area contributed by atoms with Crippen molar-refractivity contribution < 1.29 is 32.1 Å². The fraction of sp³-hybridized carbons (Fsp3) is 0.435. The highest BCUT2D eigenvalue weighted by molar-refractivity contribution is 5.92. The zero-order valence-electron chi connectivity index (χ0n) is 19.5. The van der Waals surface area contributed by atoms with Gasteiger partial charge in [-0.3, -0.25) is 0 Å². The highest BCUT2D eigenvalue weighted by atomic mass is 19.4. The van der Waals surface area contributed by atoms with Crippen molar-refractivity contribution in [2.45, 2.75) is 32.2 Å². The van der Waals surface area contributed by atoms with Gasteiger partial charge in [-0.2, -0.15) is 13.2 Å². The minimum atomic E-state index is -4.61. The summed E-state index contributed by atoms with van der Waals surface area (Å²) in [6.07, 6.45) is -4.52. The first-order chi connectivity index (χ1) is 16.6. The summed E-state index contributed by atoms with van der Waals surface area (Å²) >= 11 is 0. The Labute approximate surface area is 199 Å². The highest BCUT2D eigenvalue weighted by Gasteiger charge is 2.33. The molecule has 12 heteroatoms. The van der Waals surface area contributed by atoms with Crippen LogP contribution in [-0.4, -0.2) is 54.6 Å². The second kappa shape index (κ2) is 10.1. The van der Waals surface area contributed by atoms with Crippen LogP contribution < -0.4 is 20.5 Å². The second-order valence-electron chi connectivity index (χ2n) is 8.09. The van der Waals surface area contributed by atoms with Crippen molar-refractivity contribution >= 4 is 22.4 Å². The number of pyridine rings is 1. The van der Waals surface area contributed by atoms with Gasteiger partial charge in [0.05, 0.1) is 44.2 Å². The molecule has 35 heavy (non-hydrogen) atoms. The molecule has 3 N–H and O–H groups in total. The van der Waals surface area contributed by atoms with E-state index in [1.54, 1.807) is 26.0 Å². The summed E-state index contributed by atoms with van der Waals surface area (Å²) in [7, 11) is 1.52. The van der Waals surface area contributed by atoms with E-state index in [-0.39, 0.29) is 24.1 Å². The van der Waals surface area contributed by atoms with Crippen LogP contribution in [0.3, 0.4) is 0 Å². The van der Waals surface area contributed by atoms with Crippen LogP contribution in [0.15, 0.2) is 24.3 Å². The number of methoxy groups -OCH3 is 1. The van der Waals surface area contributed by atoms with Gasteiger partial charge in [0, 0.05) is 17.1 Å². The van der Waals surface area contributed by atoms with Crippen molar-refractivity contribution in [3.63, 3.8) is 0 Å². The van der Waals surface area contributed by atoms with Crippen molar-refractivity contribution in [3.05, 3.63) is 41.5 Å². The summed E-state index contributed by atoms with van der Waals surface area (Å²) in [6, 6.07) is 5.01. The number of aryl methyl sites for hydroxylation is 1. The molecule has 0 saturated carbocycles. The van der Waals surface area contributed by atoms with Crippen molar-refractivity contribution in [1.82, 2.24) is 15.0 Å². The van der Waals surface area contributed by atoms with Crippen LogP contribution in [0.4, 0.5) is 24.7 Å². The van der Waals surface area contributed by atoms with Gasteiger partial charge in [0.25, 0.3) is 0 Å². The molecule has 1 aliphatic heterocycles. The number of nitrogen functional groups attached to an aromatic ring is 1. The number of nitrogens with zero attached hydrogens (tertiary/aromatic N) is 3. The molecule has 0 bridgehead atoms. The monoisotopic (exact) mass is 493 g/mol. The van der Waals surface area contributed by atoms with E-state index in [0.717, 1.165) is 6.07 Å². The molecule has 1 fully saturated rings. The van der Waals surface area contributed by atoms with E-state index in [4.69, 9.17) is 24.7 Å². The topological polar surface area (TPSA) is 114 Å². The number of hydrogen-bond acceptors (Lipinski definition) is 9. The molecule has 2 aromatic heterocycles. The number of nitrogens with one attached hydrogen (secondary N) is 1. The molecule has 1 aromatic carbocycles. The first-order valence-corrected chi connectivity index (χ1v) is 10.9. The molecule has 0 spiro atoms. The summed E-state index contributed by atoms with van der Waals surface area (Å²) in [5.74, 6) is 1.82. The number of anilines is 2. The summed E-state index contributed by atoms with van der Waals surface area (Å²) < 4.78 is 61.7. The minimum Gasteiger partial charge on any atom is -0.493 e. The van der Waals surface area contributed by atoms with Crippen LogP contribution in [0.25, 0.3) is 10.9 Å². The van der Waals surface area contributed by atoms with Crippen LogP contribution >= 0.6 is 0 Å². The van der Waals surface area contributed by atoms with Gasteiger partial charge in [0.2, 0.25) is 0 Å². The normalized spacial score (nSPS) is 15.0. The molecular weight excluding hydrogens is 467 g/mol. The predicted octanol–water partition coefficient (Wildman–Crippen LogP) is 3.91. The lowest BCUT2D eigenvalue weighted by Gasteiger charge is -2.26. The first kappa shape index (κ1) is 24.7. The maximum Gasteiger partial charge on any atom is 0.433 e. The molecule has 0 unspecified atom stereocenters. The molecular formula is C23H26F3N5O4. The Hall–Kier alpha value is -3.38. The van der Waals surface area contributed by atoms with Crippen LogP contribution in [0, 0.1) is 6.92 Å². The van der Waals surface area contributed by atoms with Gasteiger partial charge in [-0.15, -0.1) is 0 Å². The van der Waals surface area contributed by atoms with E-state index in [2.05, 4.69) is 20.3 Å². The predicted molar refractivity (Wildman–Crippen MR) is 123 cm³/mol. The summed E-state index contributed by atoms with van der Waals surface area (Å²) in [5.41, 5.74) is 5.32. The van der Waals surface area contributed by atoms with Crippen LogP contribution in [0.1, 0.15) is 30.2 Å². The van der Waals surface area contributed by atoms with Gasteiger partial charge >= 0.3 is 6.18 Å². The number of rotatable bonds is 9. The van der Waals surface area contributed by atoms with E-state index in [1.807, 2.05) is 0 Å². The molecule has 4 rings (SSSR count). The molecule has 0 aliphatic carbocycles. The van der Waals surface area contributed by atoms with Gasteiger partial charge in [-0.05, 0) is 32.0 Å². The molecule has 0 radical (unpaired) electrons. The van der Waals surface area contributed by atoms with E-state index in [9.17, 15) is 13.2 Å². The molecule has 1 aliphatic rings. The standard InChI is InChI=1S/C23H26F3N5O4/c1-12(17-6-14(27)7-21(31-17)23(24,25)26)28-22-16-8-20(35-5-4-34-15-10-33-11-15)19(32-3)9-18(16)29-13(2)30-22/h6-9,12,15H,4-5,10-11H2,1-3H3,(H2,27,31)(H,28,29,30)/t12-/m1/s1. The SMILES string of the molecule is COc1cc2nc(C)nc(N[C@H](C)c3cc(N)cc(C(F)(F)F)n3)c2cc1OCCOC1COC1. The van der Waals surface area contributed by atoms with Crippen LogP contribution in [-0.2, 0) is 15.7 Å². The average Bonchev–Trinajstić information content (AvgIpc) is 2.76. The lowest BCUT2D eigenvalue weighted by Crippen LogP contribution is -2.37. The zero-order valence-corrected chi connectivity index (χ0v) is 19.5. The number of ether oxygens (including phenoxy) is 4. The third-order valence-electron chi connectivity index (χ3n) is 5.35. The third kappa shape index (κ3) is 5.82. The van der Waals surface area contributed by atoms with E-state index < -0.39 is 17.9 Å². The minimum absolute atomic E-state index is 0.0317. The van der Waals surface area contributed by atoms with Gasteiger partial charge in [-0.25, -0.2) is 15.0 Å². The fourth-order valence-electron chi connectivity index (χ4n) is 3.53. The molecule has 3 heterocycles. The largest absolute Gasteiger partial charge is 0.493 e. The van der Waals surface area contributed by atoms with Gasteiger partial charge in [0.1, 0.15) is 30.0 Å². The maximum absolute atomic E-state index is 13.2. The molecule has 1 saturated heterocycles. The summed E-state index contributed by atoms with van der Waals surface area (Å²) in [6.45, 7) is 5.22. The zero-order chi connectivity index (χ0) is 25.2. The third-order valence-corrected chi connectivity index (χ3v) is 5.35. The van der Waals surface area contributed by atoms with Crippen molar-refractivity contribution in [3.8, 4) is 11.5 Å². The Morgan fingerprint density at radius 1 is 1.11 bits per heavy atom. The second-order valence-corrected chi connectivity index (χ2v) is 8.09. The Balaban J connectivity index is 1.60. The molecule has 9 nitrogen and oxygen atoms in total. The van der Waals surface area contributed by atoms with Crippen LogP contribution in [0.5, 0.6) is 11.5 Å². The lowest BCUT2D eigenvalue weighted by molar-refractivity contribution is -0.141. The Bertz CT molecular complexity index is 1200. The lowest BCUT2D eigenvalue weighted by atomic mass is 10.1. The van der Waals surface area contributed by atoms with E-state index in [1.165, 1.54) is 13.2 Å². The number of alkyl halides is 3. The Morgan fingerprint density at radius 3 is 2.54 bits per heavy atom. The quantitative estimate of drug-likeness (QED) is 0.428. The van der Waals surface area contributed by atoms with Crippen molar-refractivity contribution in [2.75, 3.05) is 44.6 Å². The number of nitrogens with two attached hydrogens (primary N) is 1. The maximum atomic E-state index is 13.2. The van der Waals surface area contributed by atoms with E-state index >= 15 is 0 Å². The van der Waals surface area contributed by atoms with Crippen molar-refractivity contribution in [1.29, 1.82) is 0 Å². The number of aromatic nitrogens is 3. The Kier molecular flexibility index (Phi) is 7.13. The Morgan fingerprint density at radius 2 is 1.89 bits per heavy atom. The van der Waals surface area contributed by atoms with Gasteiger partial charge in [0.15, 0.2) is 11.5 Å². The highest BCUT2D eigenvalue weighted by Crippen LogP contribution is 2.36. The molecule has 3 aromatic rings. The molecule has 0 amide bonds. The summed E-state index contributed by atoms with van der Waals surface area (Å²) in [4.78, 5) is 12.7. The number of halogens is 3.